The number of ether oxygens (including phenoxy) is 2. The van der Waals surface area contributed by atoms with E-state index in [1.54, 1.807) is 0 Å². The number of hydrogen-bond donors (Lipinski definition) is 0. The van der Waals surface area contributed by atoms with E-state index in [2.05, 4.69) is 9.73 Å². The lowest BCUT2D eigenvalue weighted by Gasteiger charge is -2.09. The van der Waals surface area contributed by atoms with Crippen molar-refractivity contribution in [2.45, 2.75) is 31.9 Å². The van der Waals surface area contributed by atoms with E-state index in [1.165, 1.54) is 7.11 Å². The molecular weight excluding hydrogens is 170 g/mol. The van der Waals surface area contributed by atoms with Crippen molar-refractivity contribution in [2.75, 3.05) is 7.11 Å². The molecule has 0 unspecified atom stereocenters. The van der Waals surface area contributed by atoms with E-state index in [1.807, 2.05) is 6.92 Å². The Kier molecular flexibility index (Phi) is 1.98. The molecule has 13 heavy (non-hydrogen) atoms. The van der Waals surface area contributed by atoms with Gasteiger partial charge in [-0.3, -0.25) is 0 Å². The first-order valence-corrected chi connectivity index (χ1v) is 4.54. The van der Waals surface area contributed by atoms with Crippen molar-refractivity contribution in [3.8, 4) is 0 Å². The van der Waals surface area contributed by atoms with Gasteiger partial charge in [0.25, 0.3) is 0 Å². The molecule has 0 bridgehead atoms. The van der Waals surface area contributed by atoms with Crippen LogP contribution in [0, 0.1) is 5.92 Å². The monoisotopic (exact) mass is 183 g/mol. The van der Waals surface area contributed by atoms with Gasteiger partial charge in [0, 0.05) is 5.92 Å². The number of hydrogen-bond acceptors (Lipinski definition) is 4. The number of methoxy groups -OCH3 is 1. The fourth-order valence-corrected chi connectivity index (χ4v) is 1.42. The second-order valence-electron chi connectivity index (χ2n) is 3.53. The summed E-state index contributed by atoms with van der Waals surface area (Å²) in [5.41, 5.74) is 0. The molecule has 1 fully saturated rings. The molecule has 0 radical (unpaired) electrons. The molecule has 2 rings (SSSR count). The van der Waals surface area contributed by atoms with Crippen LogP contribution in [0.2, 0.25) is 0 Å². The van der Waals surface area contributed by atoms with Gasteiger partial charge in [0.2, 0.25) is 0 Å². The normalized spacial score (nSPS) is 32.3. The Labute approximate surface area is 76.9 Å². The van der Waals surface area contributed by atoms with Crippen molar-refractivity contribution in [3.05, 3.63) is 0 Å². The van der Waals surface area contributed by atoms with E-state index in [-0.39, 0.29) is 12.1 Å². The number of aliphatic imine (C=N–C) groups is 1. The molecule has 1 heterocycles. The van der Waals surface area contributed by atoms with Crippen molar-refractivity contribution in [1.82, 2.24) is 0 Å². The Hall–Kier alpha value is -1.06. The van der Waals surface area contributed by atoms with E-state index in [0.717, 1.165) is 18.7 Å². The lowest BCUT2D eigenvalue weighted by molar-refractivity contribution is -0.143. The van der Waals surface area contributed by atoms with Gasteiger partial charge in [0.15, 0.2) is 11.9 Å². The summed E-state index contributed by atoms with van der Waals surface area (Å²) in [6, 6.07) is -0.444. The van der Waals surface area contributed by atoms with Crippen LogP contribution in [0.1, 0.15) is 19.8 Å². The Morgan fingerprint density at radius 3 is 2.85 bits per heavy atom. The topological polar surface area (TPSA) is 47.9 Å². The Bertz CT molecular complexity index is 258. The zero-order valence-corrected chi connectivity index (χ0v) is 7.82. The molecule has 0 amide bonds. The highest BCUT2D eigenvalue weighted by molar-refractivity contribution is 5.88. The van der Waals surface area contributed by atoms with Crippen LogP contribution >= 0.6 is 0 Å². The van der Waals surface area contributed by atoms with Crippen LogP contribution in [-0.2, 0) is 14.3 Å². The van der Waals surface area contributed by atoms with Gasteiger partial charge in [0.1, 0.15) is 6.10 Å². The molecule has 0 aromatic heterocycles. The van der Waals surface area contributed by atoms with Gasteiger partial charge >= 0.3 is 5.97 Å². The van der Waals surface area contributed by atoms with Crippen LogP contribution in [0.15, 0.2) is 4.99 Å². The smallest absolute Gasteiger partial charge is 0.334 e. The highest BCUT2D eigenvalue weighted by atomic mass is 16.5. The quantitative estimate of drug-likeness (QED) is 0.594. The van der Waals surface area contributed by atoms with Crippen LogP contribution in [-0.4, -0.2) is 31.1 Å². The summed E-state index contributed by atoms with van der Waals surface area (Å²) < 4.78 is 10.1. The molecule has 0 saturated heterocycles. The fourth-order valence-electron chi connectivity index (χ4n) is 1.42. The van der Waals surface area contributed by atoms with Crippen LogP contribution in [0.4, 0.5) is 0 Å². The van der Waals surface area contributed by atoms with E-state index in [4.69, 9.17) is 4.74 Å². The number of rotatable bonds is 2. The van der Waals surface area contributed by atoms with E-state index >= 15 is 0 Å². The van der Waals surface area contributed by atoms with Gasteiger partial charge in [-0.25, -0.2) is 9.79 Å². The van der Waals surface area contributed by atoms with Crippen LogP contribution < -0.4 is 0 Å². The maximum atomic E-state index is 11.2. The minimum Gasteiger partial charge on any atom is -0.475 e. The van der Waals surface area contributed by atoms with Gasteiger partial charge in [-0.15, -0.1) is 0 Å². The number of carbonyl (C=O) groups excluding carboxylic acids is 1. The molecular formula is C9H13NO3. The predicted molar refractivity (Wildman–Crippen MR) is 46.5 cm³/mol. The SMILES string of the molecule is COC(=O)[C@H]1N=C(C2CC2)O[C@H]1C. The third kappa shape index (κ3) is 1.53. The summed E-state index contributed by atoms with van der Waals surface area (Å²) in [6.45, 7) is 1.85. The van der Waals surface area contributed by atoms with Gasteiger partial charge in [-0.05, 0) is 19.8 Å². The average molecular weight is 183 g/mol. The minimum absolute atomic E-state index is 0.164. The molecule has 72 valence electrons. The fraction of sp³-hybridized carbons (Fsp3) is 0.778. The number of carbonyl (C=O) groups is 1. The van der Waals surface area contributed by atoms with Crippen LogP contribution in [0.3, 0.4) is 0 Å². The molecule has 1 saturated carbocycles. The second-order valence-corrected chi connectivity index (χ2v) is 3.53. The van der Waals surface area contributed by atoms with Crippen molar-refractivity contribution < 1.29 is 14.3 Å². The molecule has 0 spiro atoms. The Balaban J connectivity index is 2.06. The first-order valence-electron chi connectivity index (χ1n) is 4.54. The molecule has 2 atom stereocenters. The predicted octanol–water partition coefficient (Wildman–Crippen LogP) is 0.755. The maximum absolute atomic E-state index is 11.2. The van der Waals surface area contributed by atoms with Gasteiger partial charge in [-0.1, -0.05) is 0 Å². The first-order chi connectivity index (χ1) is 6.22. The molecule has 0 aromatic rings. The van der Waals surface area contributed by atoms with Crippen LogP contribution in [0.25, 0.3) is 0 Å². The molecule has 1 aliphatic carbocycles. The molecule has 4 nitrogen and oxygen atoms in total. The zero-order chi connectivity index (χ0) is 9.42. The summed E-state index contributed by atoms with van der Waals surface area (Å²) in [7, 11) is 1.37. The Morgan fingerprint density at radius 1 is 1.62 bits per heavy atom. The third-order valence-corrected chi connectivity index (χ3v) is 2.39. The molecule has 2 aliphatic rings. The zero-order valence-electron chi connectivity index (χ0n) is 7.82. The standard InChI is InChI=1S/C9H13NO3/c1-5-7(9(11)12-2)10-8(13-5)6-3-4-6/h5-7H,3-4H2,1-2H3/t5-,7-/m0/s1. The number of esters is 1. The molecule has 4 heteroatoms. The summed E-state index contributed by atoms with van der Waals surface area (Å²) in [4.78, 5) is 15.4. The number of nitrogens with zero attached hydrogens (tertiary/aromatic N) is 1. The highest BCUT2D eigenvalue weighted by Crippen LogP contribution is 2.34. The largest absolute Gasteiger partial charge is 0.475 e. The Morgan fingerprint density at radius 2 is 2.31 bits per heavy atom. The molecule has 0 aromatic carbocycles. The minimum atomic E-state index is -0.444. The third-order valence-electron chi connectivity index (χ3n) is 2.39. The maximum Gasteiger partial charge on any atom is 0.334 e. The van der Waals surface area contributed by atoms with Crippen molar-refractivity contribution in [2.24, 2.45) is 10.9 Å². The first kappa shape index (κ1) is 8.53. The lowest BCUT2D eigenvalue weighted by atomic mass is 10.2. The summed E-state index contributed by atoms with van der Waals surface area (Å²) in [5, 5.41) is 0. The highest BCUT2D eigenvalue weighted by Gasteiger charge is 2.40. The van der Waals surface area contributed by atoms with E-state index < -0.39 is 6.04 Å². The van der Waals surface area contributed by atoms with E-state index in [9.17, 15) is 4.79 Å². The van der Waals surface area contributed by atoms with Gasteiger partial charge in [0.05, 0.1) is 7.11 Å². The van der Waals surface area contributed by atoms with Gasteiger partial charge in [-0.2, -0.15) is 0 Å². The van der Waals surface area contributed by atoms with E-state index in [0.29, 0.717) is 5.92 Å². The molecule has 1 aliphatic heterocycles. The summed E-state index contributed by atoms with van der Waals surface area (Å²) >= 11 is 0. The summed E-state index contributed by atoms with van der Waals surface area (Å²) in [5.74, 6) is 0.920. The van der Waals surface area contributed by atoms with Crippen molar-refractivity contribution >= 4 is 11.9 Å². The van der Waals surface area contributed by atoms with Crippen LogP contribution in [0.5, 0.6) is 0 Å². The van der Waals surface area contributed by atoms with Crippen molar-refractivity contribution in [1.29, 1.82) is 0 Å². The second kappa shape index (κ2) is 3.01. The summed E-state index contributed by atoms with van der Waals surface area (Å²) in [6.07, 6.45) is 2.11. The average Bonchev–Trinajstić information content (AvgIpc) is 2.89. The lowest BCUT2D eigenvalue weighted by Crippen LogP contribution is -2.28. The van der Waals surface area contributed by atoms with Crippen molar-refractivity contribution in [3.63, 3.8) is 0 Å². The molecule has 0 N–H and O–H groups in total. The van der Waals surface area contributed by atoms with Gasteiger partial charge < -0.3 is 9.47 Å².